The van der Waals surface area contributed by atoms with Crippen molar-refractivity contribution >= 4 is 17.7 Å². The molecular weight excluding hydrogens is 346 g/mol. The van der Waals surface area contributed by atoms with E-state index in [1.807, 2.05) is 42.5 Å². The van der Waals surface area contributed by atoms with E-state index in [-0.39, 0.29) is 12.5 Å². The van der Waals surface area contributed by atoms with Crippen molar-refractivity contribution in [3.05, 3.63) is 66.7 Å². The molecule has 0 saturated heterocycles. The topological polar surface area (TPSA) is 47.6 Å². The fraction of sp³-hybridized carbons (Fsp3) is 0.286. The van der Waals surface area contributed by atoms with Crippen LogP contribution >= 0.6 is 11.8 Å². The maximum Gasteiger partial charge on any atom is 0.257 e. The number of hydrogen-bond acceptors (Lipinski definition) is 4. The number of carbonyl (C=O) groups excluding carboxylic acids is 1. The zero-order valence-corrected chi connectivity index (χ0v) is 15.9. The predicted molar refractivity (Wildman–Crippen MR) is 107 cm³/mol. The molecule has 1 amide bonds. The summed E-state index contributed by atoms with van der Waals surface area (Å²) < 4.78 is 10.9. The van der Waals surface area contributed by atoms with Gasteiger partial charge in [-0.3, -0.25) is 4.79 Å². The van der Waals surface area contributed by atoms with Gasteiger partial charge in [-0.05, 0) is 48.4 Å². The number of hydrogen-bond donors (Lipinski definition) is 1. The van der Waals surface area contributed by atoms with Gasteiger partial charge in [0.15, 0.2) is 18.1 Å². The summed E-state index contributed by atoms with van der Waals surface area (Å²) in [6.45, 7) is 4.34. The van der Waals surface area contributed by atoms with Crippen LogP contribution in [0.15, 0.2) is 66.1 Å². The molecular formula is C21H25NO3S. The Kier molecular flexibility index (Phi) is 8.63. The molecule has 0 bridgehead atoms. The van der Waals surface area contributed by atoms with Crippen LogP contribution in [0.25, 0.3) is 0 Å². The van der Waals surface area contributed by atoms with Crippen LogP contribution < -0.4 is 14.8 Å². The highest BCUT2D eigenvalue weighted by Crippen LogP contribution is 2.28. The SMILES string of the molecule is C=CCc1ccc(OCC(=O)NCCCSc2ccccc2)c(OC)c1. The van der Waals surface area contributed by atoms with Crippen molar-refractivity contribution in [2.24, 2.45) is 0 Å². The van der Waals surface area contributed by atoms with Crippen molar-refractivity contribution < 1.29 is 14.3 Å². The summed E-state index contributed by atoms with van der Waals surface area (Å²) in [6, 6.07) is 15.9. The molecule has 0 aliphatic carbocycles. The molecule has 2 aromatic carbocycles. The molecule has 2 rings (SSSR count). The summed E-state index contributed by atoms with van der Waals surface area (Å²) >= 11 is 1.79. The van der Waals surface area contributed by atoms with E-state index < -0.39 is 0 Å². The smallest absolute Gasteiger partial charge is 0.257 e. The normalized spacial score (nSPS) is 10.2. The standard InChI is InChI=1S/C21H25NO3S/c1-3-8-17-11-12-19(20(15-17)24-2)25-16-21(23)22-13-7-14-26-18-9-5-4-6-10-18/h3-6,9-12,15H,1,7-8,13-14,16H2,2H3,(H,22,23). The average molecular weight is 372 g/mol. The van der Waals surface area contributed by atoms with Gasteiger partial charge >= 0.3 is 0 Å². The fourth-order valence-electron chi connectivity index (χ4n) is 2.33. The lowest BCUT2D eigenvalue weighted by molar-refractivity contribution is -0.123. The van der Waals surface area contributed by atoms with Gasteiger partial charge in [-0.1, -0.05) is 30.3 Å². The molecule has 0 unspecified atom stereocenters. The van der Waals surface area contributed by atoms with Crippen LogP contribution in [-0.2, 0) is 11.2 Å². The van der Waals surface area contributed by atoms with Crippen molar-refractivity contribution in [1.82, 2.24) is 5.32 Å². The Morgan fingerprint density at radius 1 is 1.19 bits per heavy atom. The van der Waals surface area contributed by atoms with Gasteiger partial charge in [0.1, 0.15) is 0 Å². The second-order valence-corrected chi connectivity index (χ2v) is 6.80. The van der Waals surface area contributed by atoms with Gasteiger partial charge in [0.05, 0.1) is 7.11 Å². The summed E-state index contributed by atoms with van der Waals surface area (Å²) in [5.41, 5.74) is 1.09. The molecule has 0 spiro atoms. The van der Waals surface area contributed by atoms with Crippen LogP contribution in [0.2, 0.25) is 0 Å². The van der Waals surface area contributed by atoms with E-state index in [1.165, 1.54) is 4.90 Å². The van der Waals surface area contributed by atoms with Gasteiger partial charge in [-0.25, -0.2) is 0 Å². The van der Waals surface area contributed by atoms with E-state index in [0.29, 0.717) is 18.0 Å². The number of ether oxygens (including phenoxy) is 2. The molecule has 26 heavy (non-hydrogen) atoms. The lowest BCUT2D eigenvalue weighted by Gasteiger charge is -2.12. The number of rotatable bonds is 11. The molecule has 2 aromatic rings. The number of nitrogens with one attached hydrogen (secondary N) is 1. The Balaban J connectivity index is 1.67. The molecule has 0 heterocycles. The van der Waals surface area contributed by atoms with Gasteiger partial charge < -0.3 is 14.8 Å². The van der Waals surface area contributed by atoms with Crippen LogP contribution in [0.4, 0.5) is 0 Å². The summed E-state index contributed by atoms with van der Waals surface area (Å²) in [6.07, 6.45) is 3.50. The Morgan fingerprint density at radius 2 is 2.00 bits per heavy atom. The molecule has 0 fully saturated rings. The third-order valence-corrected chi connectivity index (χ3v) is 4.72. The van der Waals surface area contributed by atoms with E-state index >= 15 is 0 Å². The highest BCUT2D eigenvalue weighted by molar-refractivity contribution is 7.99. The number of carbonyl (C=O) groups is 1. The van der Waals surface area contributed by atoms with Crippen molar-refractivity contribution in [2.75, 3.05) is 26.0 Å². The van der Waals surface area contributed by atoms with Gasteiger partial charge in [0.2, 0.25) is 0 Å². The molecule has 0 aromatic heterocycles. The first kappa shape index (κ1) is 19.9. The summed E-state index contributed by atoms with van der Waals surface area (Å²) in [7, 11) is 1.59. The molecule has 0 radical (unpaired) electrons. The molecule has 5 heteroatoms. The minimum atomic E-state index is -0.132. The first-order chi connectivity index (χ1) is 12.7. The number of allylic oxidation sites excluding steroid dienone is 1. The lowest BCUT2D eigenvalue weighted by Crippen LogP contribution is -2.30. The number of amides is 1. The monoisotopic (exact) mass is 371 g/mol. The van der Waals surface area contributed by atoms with E-state index in [2.05, 4.69) is 24.0 Å². The van der Waals surface area contributed by atoms with Crippen molar-refractivity contribution in [3.8, 4) is 11.5 Å². The van der Waals surface area contributed by atoms with E-state index in [1.54, 1.807) is 18.9 Å². The third-order valence-electron chi connectivity index (χ3n) is 3.62. The summed E-state index contributed by atoms with van der Waals surface area (Å²) in [5.74, 6) is 2.02. The van der Waals surface area contributed by atoms with Crippen LogP contribution in [0.1, 0.15) is 12.0 Å². The minimum absolute atomic E-state index is 0.0248. The average Bonchev–Trinajstić information content (AvgIpc) is 2.67. The van der Waals surface area contributed by atoms with Crippen molar-refractivity contribution in [1.29, 1.82) is 0 Å². The molecule has 0 aliphatic heterocycles. The predicted octanol–water partition coefficient (Wildman–Crippen LogP) is 4.10. The van der Waals surface area contributed by atoms with Gasteiger partial charge in [-0.2, -0.15) is 0 Å². The lowest BCUT2D eigenvalue weighted by atomic mass is 10.1. The first-order valence-corrected chi connectivity index (χ1v) is 9.56. The Hall–Kier alpha value is -2.40. The van der Waals surface area contributed by atoms with Gasteiger partial charge in [-0.15, -0.1) is 18.3 Å². The number of thioether (sulfide) groups is 1. The fourth-order valence-corrected chi connectivity index (χ4v) is 3.20. The highest BCUT2D eigenvalue weighted by Gasteiger charge is 2.08. The zero-order valence-electron chi connectivity index (χ0n) is 15.1. The molecule has 4 nitrogen and oxygen atoms in total. The van der Waals surface area contributed by atoms with Crippen LogP contribution in [-0.4, -0.2) is 31.9 Å². The Labute approximate surface area is 159 Å². The minimum Gasteiger partial charge on any atom is -0.493 e. The van der Waals surface area contributed by atoms with Crippen LogP contribution in [0.3, 0.4) is 0 Å². The maximum atomic E-state index is 11.9. The van der Waals surface area contributed by atoms with Crippen LogP contribution in [0, 0.1) is 0 Å². The van der Waals surface area contributed by atoms with Crippen LogP contribution in [0.5, 0.6) is 11.5 Å². The maximum absolute atomic E-state index is 11.9. The summed E-state index contributed by atoms with van der Waals surface area (Å²) in [5, 5.41) is 2.88. The van der Waals surface area contributed by atoms with Crippen molar-refractivity contribution in [3.63, 3.8) is 0 Å². The van der Waals surface area contributed by atoms with Gasteiger partial charge in [0, 0.05) is 11.4 Å². The quantitative estimate of drug-likeness (QED) is 0.367. The first-order valence-electron chi connectivity index (χ1n) is 8.58. The highest BCUT2D eigenvalue weighted by atomic mass is 32.2. The van der Waals surface area contributed by atoms with Crippen molar-refractivity contribution in [2.45, 2.75) is 17.7 Å². The molecule has 0 atom stereocenters. The molecule has 0 saturated carbocycles. The zero-order chi connectivity index (χ0) is 18.6. The molecule has 0 aliphatic rings. The van der Waals surface area contributed by atoms with E-state index in [4.69, 9.17) is 9.47 Å². The number of benzene rings is 2. The van der Waals surface area contributed by atoms with E-state index in [9.17, 15) is 4.79 Å². The Bertz CT molecular complexity index is 704. The summed E-state index contributed by atoms with van der Waals surface area (Å²) in [4.78, 5) is 13.2. The largest absolute Gasteiger partial charge is 0.493 e. The van der Waals surface area contributed by atoms with E-state index in [0.717, 1.165) is 24.2 Å². The third kappa shape index (κ3) is 6.84. The second-order valence-electron chi connectivity index (χ2n) is 5.63. The van der Waals surface area contributed by atoms with Gasteiger partial charge in [0.25, 0.3) is 5.91 Å². The Morgan fingerprint density at radius 3 is 2.73 bits per heavy atom. The second kappa shape index (κ2) is 11.3. The number of methoxy groups -OCH3 is 1. The molecule has 1 N–H and O–H groups in total. The molecule has 138 valence electrons.